The third kappa shape index (κ3) is 5.67. The lowest BCUT2D eigenvalue weighted by molar-refractivity contribution is -0.115. The first-order valence-electron chi connectivity index (χ1n) is 10.7. The van der Waals surface area contributed by atoms with Crippen LogP contribution in [0.3, 0.4) is 0 Å². The highest BCUT2D eigenvalue weighted by molar-refractivity contribution is 8.15. The van der Waals surface area contributed by atoms with Gasteiger partial charge in [0.05, 0.1) is 35.2 Å². The summed E-state index contributed by atoms with van der Waals surface area (Å²) in [7, 11) is 3.46. The molecule has 2 aromatic rings. The largest absolute Gasteiger partial charge is 0.417 e. The molecular weight excluding hydrogens is 483 g/mol. The van der Waals surface area contributed by atoms with Crippen molar-refractivity contribution < 1.29 is 22.7 Å². The topological polar surface area (TPSA) is 56.6 Å². The first kappa shape index (κ1) is 26.3. The zero-order chi connectivity index (χ0) is 25.2. The summed E-state index contributed by atoms with van der Waals surface area (Å²) >= 11 is 2.45. The van der Waals surface area contributed by atoms with Crippen molar-refractivity contribution in [2.75, 3.05) is 29.6 Å². The number of amides is 1. The number of rotatable bonds is 8. The normalized spacial score (nSPS) is 15.2. The van der Waals surface area contributed by atoms with Gasteiger partial charge in [-0.2, -0.15) is 13.2 Å². The number of ether oxygens (including phenoxy) is 1. The maximum Gasteiger partial charge on any atom is 0.417 e. The SMILES string of the molecule is CC/C(C)=C(/c1cc(COCc2ccc(C)cc2N2C(=N)SCC2=O)sc1N(C)C)C(F)(F)F. The molecular formula is C24H28F3N3O2S2. The van der Waals surface area contributed by atoms with Crippen molar-refractivity contribution in [2.24, 2.45) is 0 Å². The lowest BCUT2D eigenvalue weighted by atomic mass is 10.00. The number of nitrogens with zero attached hydrogens (tertiary/aromatic N) is 2. The molecule has 10 heteroatoms. The number of alkyl halides is 3. The van der Waals surface area contributed by atoms with E-state index in [2.05, 4.69) is 0 Å². The van der Waals surface area contributed by atoms with Crippen LogP contribution < -0.4 is 9.80 Å². The number of thioether (sulfide) groups is 1. The van der Waals surface area contributed by atoms with Gasteiger partial charge in [0.2, 0.25) is 5.91 Å². The summed E-state index contributed by atoms with van der Waals surface area (Å²) < 4.78 is 47.6. The Hall–Kier alpha value is -2.30. The smallest absolute Gasteiger partial charge is 0.371 e. The van der Waals surface area contributed by atoms with E-state index in [9.17, 15) is 18.0 Å². The minimum absolute atomic E-state index is 0.134. The molecule has 1 N–H and O–H groups in total. The molecule has 1 aliphatic rings. The van der Waals surface area contributed by atoms with E-state index >= 15 is 0 Å². The number of hydrogen-bond acceptors (Lipinski definition) is 6. The standard InChI is InChI=1S/C24H28F3N3O2S2/c1-6-15(3)21(24(25,26)27)18-10-17(34-22(18)29(4)5)12-32-11-16-8-7-14(2)9-19(16)30-20(31)13-33-23(30)28/h7-10,28H,6,11-13H2,1-5H3/b21-15-,28-23?. The second kappa shape index (κ2) is 10.5. The van der Waals surface area contributed by atoms with Crippen LogP contribution in [0, 0.1) is 12.3 Å². The van der Waals surface area contributed by atoms with Crippen molar-refractivity contribution in [1.29, 1.82) is 5.41 Å². The minimum Gasteiger partial charge on any atom is -0.371 e. The quantitative estimate of drug-likeness (QED) is 0.434. The van der Waals surface area contributed by atoms with Gasteiger partial charge in [0.1, 0.15) is 0 Å². The molecule has 0 saturated carbocycles. The highest BCUT2D eigenvalue weighted by Gasteiger charge is 2.38. The fraction of sp³-hybridized carbons (Fsp3) is 0.417. The average Bonchev–Trinajstić information content (AvgIpc) is 3.31. The summed E-state index contributed by atoms with van der Waals surface area (Å²) in [6, 6.07) is 7.17. The molecule has 0 aliphatic carbocycles. The molecule has 0 radical (unpaired) electrons. The maximum atomic E-state index is 13.9. The van der Waals surface area contributed by atoms with E-state index < -0.39 is 11.7 Å². The van der Waals surface area contributed by atoms with Crippen LogP contribution in [0.1, 0.15) is 41.8 Å². The number of benzene rings is 1. The van der Waals surface area contributed by atoms with Crippen molar-refractivity contribution in [3.05, 3.63) is 51.4 Å². The van der Waals surface area contributed by atoms with E-state index in [1.807, 2.05) is 25.1 Å². The van der Waals surface area contributed by atoms with Crippen molar-refractivity contribution in [3.8, 4) is 0 Å². The molecule has 0 spiro atoms. The van der Waals surface area contributed by atoms with Crippen LogP contribution in [0.25, 0.3) is 5.57 Å². The van der Waals surface area contributed by atoms with Gasteiger partial charge in [0.25, 0.3) is 0 Å². The van der Waals surface area contributed by atoms with Crippen LogP contribution >= 0.6 is 23.1 Å². The van der Waals surface area contributed by atoms with Gasteiger partial charge in [-0.3, -0.25) is 15.1 Å². The molecule has 1 fully saturated rings. The zero-order valence-electron chi connectivity index (χ0n) is 19.8. The Labute approximate surface area is 206 Å². The molecule has 1 saturated heterocycles. The third-order valence-corrected chi connectivity index (χ3v) is 7.57. The second-order valence-corrected chi connectivity index (χ2v) is 10.4. The van der Waals surface area contributed by atoms with Crippen molar-refractivity contribution >= 4 is 50.4 Å². The van der Waals surface area contributed by atoms with Crippen LogP contribution in [0.15, 0.2) is 29.8 Å². The van der Waals surface area contributed by atoms with E-state index in [-0.39, 0.29) is 35.6 Å². The van der Waals surface area contributed by atoms with Crippen LogP contribution in [0.5, 0.6) is 0 Å². The Morgan fingerprint density at radius 2 is 1.94 bits per heavy atom. The molecule has 0 atom stereocenters. The lowest BCUT2D eigenvalue weighted by Gasteiger charge is -2.19. The molecule has 0 bridgehead atoms. The molecule has 2 heterocycles. The van der Waals surface area contributed by atoms with Crippen LogP contribution in [-0.2, 0) is 22.7 Å². The minimum atomic E-state index is -4.45. The first-order chi connectivity index (χ1) is 15.9. The lowest BCUT2D eigenvalue weighted by Crippen LogP contribution is -2.29. The Kier molecular flexibility index (Phi) is 8.15. The number of aryl methyl sites for hydroxylation is 1. The Balaban J connectivity index is 1.85. The van der Waals surface area contributed by atoms with Gasteiger partial charge in [-0.25, -0.2) is 0 Å². The molecule has 1 aliphatic heterocycles. The van der Waals surface area contributed by atoms with Gasteiger partial charge in [-0.05, 0) is 38.0 Å². The Morgan fingerprint density at radius 1 is 1.24 bits per heavy atom. The predicted octanol–water partition coefficient (Wildman–Crippen LogP) is 6.60. The number of carbonyl (C=O) groups is 1. The molecule has 1 aromatic heterocycles. The van der Waals surface area contributed by atoms with E-state index in [4.69, 9.17) is 10.1 Å². The van der Waals surface area contributed by atoms with Gasteiger partial charge in [0, 0.05) is 30.1 Å². The number of allylic oxidation sites excluding steroid dienone is 2. The first-order valence-corrected chi connectivity index (χ1v) is 12.5. The summed E-state index contributed by atoms with van der Waals surface area (Å²) in [6.45, 7) is 5.44. The van der Waals surface area contributed by atoms with Gasteiger partial charge < -0.3 is 9.64 Å². The van der Waals surface area contributed by atoms with E-state index in [0.29, 0.717) is 27.6 Å². The molecule has 5 nitrogen and oxygen atoms in total. The fourth-order valence-corrected chi connectivity index (χ4v) is 5.44. The van der Waals surface area contributed by atoms with Crippen LogP contribution in [0.4, 0.5) is 23.9 Å². The van der Waals surface area contributed by atoms with Crippen LogP contribution in [0.2, 0.25) is 0 Å². The van der Waals surface area contributed by atoms with E-state index in [1.165, 1.54) is 34.9 Å². The number of thiophene rings is 1. The average molecular weight is 512 g/mol. The van der Waals surface area contributed by atoms with Crippen molar-refractivity contribution in [1.82, 2.24) is 0 Å². The number of hydrogen-bond donors (Lipinski definition) is 1. The summed E-state index contributed by atoms with van der Waals surface area (Å²) in [5.74, 6) is 0.0723. The summed E-state index contributed by atoms with van der Waals surface area (Å²) in [5.41, 5.74) is 2.18. The number of amidine groups is 1. The fourth-order valence-electron chi connectivity index (χ4n) is 3.70. The summed E-state index contributed by atoms with van der Waals surface area (Å²) in [5, 5.41) is 8.79. The monoisotopic (exact) mass is 511 g/mol. The Bertz CT molecular complexity index is 1110. The predicted molar refractivity (Wildman–Crippen MR) is 135 cm³/mol. The van der Waals surface area contributed by atoms with Gasteiger partial charge in [-0.15, -0.1) is 11.3 Å². The third-order valence-electron chi connectivity index (χ3n) is 5.45. The highest BCUT2D eigenvalue weighted by Crippen LogP contribution is 2.45. The van der Waals surface area contributed by atoms with Crippen molar-refractivity contribution in [3.63, 3.8) is 0 Å². The highest BCUT2D eigenvalue weighted by atomic mass is 32.2. The maximum absolute atomic E-state index is 13.9. The second-order valence-electron chi connectivity index (χ2n) is 8.28. The van der Waals surface area contributed by atoms with Gasteiger partial charge >= 0.3 is 6.18 Å². The number of carbonyl (C=O) groups excluding carboxylic acids is 1. The summed E-state index contributed by atoms with van der Waals surface area (Å²) in [4.78, 5) is 16.1. The Morgan fingerprint density at radius 3 is 2.50 bits per heavy atom. The zero-order valence-corrected chi connectivity index (χ0v) is 21.4. The van der Waals surface area contributed by atoms with Gasteiger partial charge in [-0.1, -0.05) is 36.4 Å². The van der Waals surface area contributed by atoms with Crippen molar-refractivity contribution in [2.45, 2.75) is 46.6 Å². The molecule has 1 aromatic carbocycles. The molecule has 34 heavy (non-hydrogen) atoms. The molecule has 3 rings (SSSR count). The van der Waals surface area contributed by atoms with E-state index in [1.54, 1.807) is 32.0 Å². The molecule has 1 amide bonds. The van der Waals surface area contributed by atoms with E-state index in [0.717, 1.165) is 11.1 Å². The van der Waals surface area contributed by atoms with Gasteiger partial charge in [0.15, 0.2) is 5.17 Å². The number of nitrogens with one attached hydrogen (secondary N) is 1. The van der Waals surface area contributed by atoms with Crippen LogP contribution in [-0.4, -0.2) is 37.1 Å². The molecule has 184 valence electrons. The number of halogens is 3. The summed E-state index contributed by atoms with van der Waals surface area (Å²) in [6.07, 6.45) is -4.15. The number of anilines is 2. The molecule has 0 unspecified atom stereocenters.